The van der Waals surface area contributed by atoms with Crippen molar-refractivity contribution in [1.29, 1.82) is 0 Å². The topological polar surface area (TPSA) is 66.8 Å². The number of rotatable bonds is 2. The highest BCUT2D eigenvalue weighted by atomic mass is 16.5. The highest BCUT2D eigenvalue weighted by Gasteiger charge is 2.67. The Morgan fingerprint density at radius 3 is 2.48 bits per heavy atom. The fourth-order valence-electron chi connectivity index (χ4n) is 6.77. The van der Waals surface area contributed by atoms with Crippen LogP contribution in [0.2, 0.25) is 0 Å². The lowest BCUT2D eigenvalue weighted by Crippen LogP contribution is -2.68. The zero-order valence-corrected chi connectivity index (χ0v) is 16.2. The Bertz CT molecular complexity index is 574. The van der Waals surface area contributed by atoms with Gasteiger partial charge in [-0.05, 0) is 68.1 Å². The molecule has 4 nitrogen and oxygen atoms in total. The lowest BCUT2D eigenvalue weighted by atomic mass is 9.41. The molecule has 3 fully saturated rings. The Balaban J connectivity index is 2.03. The lowest BCUT2D eigenvalue weighted by Gasteiger charge is -2.65. The summed E-state index contributed by atoms with van der Waals surface area (Å²) in [5.41, 5.74) is -1.97. The number of carbonyl (C=O) groups is 1. The molecule has 3 aliphatic carbocycles. The molecular weight excluding hydrogens is 316 g/mol. The maximum Gasteiger partial charge on any atom is 0.311 e. The summed E-state index contributed by atoms with van der Waals surface area (Å²) in [6.07, 6.45) is 6.71. The number of hydrogen-bond donors (Lipinski definition) is 2. The monoisotopic (exact) mass is 350 g/mol. The molecule has 7 unspecified atom stereocenters. The van der Waals surface area contributed by atoms with Crippen LogP contribution in [0.5, 0.6) is 0 Å². The summed E-state index contributed by atoms with van der Waals surface area (Å²) in [5.74, 6) is -0.131. The molecule has 2 N–H and O–H groups in total. The van der Waals surface area contributed by atoms with Crippen LogP contribution in [-0.2, 0) is 9.53 Å². The number of allylic oxidation sites excluding steroid dienone is 1. The number of fused-ring (bicyclic) bond motifs is 3. The van der Waals surface area contributed by atoms with Gasteiger partial charge in [0.25, 0.3) is 0 Å². The zero-order valence-electron chi connectivity index (χ0n) is 16.2. The van der Waals surface area contributed by atoms with Crippen LogP contribution in [0.3, 0.4) is 0 Å². The molecule has 4 heteroatoms. The molecule has 0 saturated heterocycles. The Kier molecular flexibility index (Phi) is 4.40. The summed E-state index contributed by atoms with van der Waals surface area (Å²) < 4.78 is 5.14. The third-order valence-electron chi connectivity index (χ3n) is 8.25. The maximum absolute atomic E-state index is 12.6. The van der Waals surface area contributed by atoms with Gasteiger partial charge >= 0.3 is 5.97 Å². The van der Waals surface area contributed by atoms with Crippen LogP contribution in [-0.4, -0.2) is 35.0 Å². The number of methoxy groups -OCH3 is 1. The molecule has 3 saturated carbocycles. The molecule has 3 rings (SSSR count). The molecule has 3 aliphatic rings. The smallest absolute Gasteiger partial charge is 0.311 e. The van der Waals surface area contributed by atoms with Crippen molar-refractivity contribution < 1.29 is 19.7 Å². The Hall–Kier alpha value is -0.870. The van der Waals surface area contributed by atoms with Crippen molar-refractivity contribution in [2.24, 2.45) is 28.1 Å². The Morgan fingerprint density at radius 1 is 1.20 bits per heavy atom. The van der Waals surface area contributed by atoms with Gasteiger partial charge in [0.2, 0.25) is 0 Å². The Labute approximate surface area is 151 Å². The first-order valence-corrected chi connectivity index (χ1v) is 9.68. The summed E-state index contributed by atoms with van der Waals surface area (Å²) in [6.45, 7) is 10.3. The second-order valence-electron chi connectivity index (χ2n) is 9.69. The van der Waals surface area contributed by atoms with E-state index in [0.29, 0.717) is 12.8 Å². The highest BCUT2D eigenvalue weighted by molar-refractivity contribution is 5.77. The van der Waals surface area contributed by atoms with E-state index in [-0.39, 0.29) is 28.6 Å². The van der Waals surface area contributed by atoms with Crippen molar-refractivity contribution in [3.63, 3.8) is 0 Å². The van der Waals surface area contributed by atoms with E-state index in [9.17, 15) is 15.0 Å². The fourth-order valence-corrected chi connectivity index (χ4v) is 6.77. The maximum atomic E-state index is 12.6. The van der Waals surface area contributed by atoms with E-state index in [2.05, 4.69) is 20.4 Å². The summed E-state index contributed by atoms with van der Waals surface area (Å²) in [5, 5.41) is 22.6. The minimum Gasteiger partial charge on any atom is -0.469 e. The van der Waals surface area contributed by atoms with Crippen molar-refractivity contribution in [1.82, 2.24) is 0 Å². The molecule has 0 radical (unpaired) electrons. The van der Waals surface area contributed by atoms with Crippen LogP contribution >= 0.6 is 0 Å². The number of carbonyl (C=O) groups excluding carboxylic acids is 1. The van der Waals surface area contributed by atoms with Gasteiger partial charge in [-0.25, -0.2) is 0 Å². The van der Waals surface area contributed by atoms with Gasteiger partial charge in [0, 0.05) is 0 Å². The molecular formula is C21H34O4. The first-order valence-electron chi connectivity index (χ1n) is 9.68. The molecule has 0 amide bonds. The molecule has 0 heterocycles. The molecule has 0 aromatic carbocycles. The van der Waals surface area contributed by atoms with Crippen LogP contribution in [0, 0.1) is 28.1 Å². The van der Waals surface area contributed by atoms with Gasteiger partial charge in [-0.15, -0.1) is 6.58 Å². The van der Waals surface area contributed by atoms with Gasteiger partial charge in [-0.3, -0.25) is 4.79 Å². The van der Waals surface area contributed by atoms with Crippen LogP contribution in [0.4, 0.5) is 0 Å². The minimum atomic E-state index is -1.10. The number of esters is 1. The average molecular weight is 350 g/mol. The predicted octanol–water partition coefficient (Wildman–Crippen LogP) is 3.46. The van der Waals surface area contributed by atoms with Gasteiger partial charge in [-0.1, -0.05) is 26.3 Å². The predicted molar refractivity (Wildman–Crippen MR) is 96.8 cm³/mol. The molecule has 7 atom stereocenters. The van der Waals surface area contributed by atoms with E-state index in [1.807, 2.05) is 13.0 Å². The second-order valence-corrected chi connectivity index (χ2v) is 9.69. The van der Waals surface area contributed by atoms with Crippen molar-refractivity contribution in [2.45, 2.75) is 77.4 Å². The van der Waals surface area contributed by atoms with E-state index in [1.165, 1.54) is 7.11 Å². The van der Waals surface area contributed by atoms with Crippen LogP contribution < -0.4 is 0 Å². The molecule has 142 valence electrons. The molecule has 0 aromatic rings. The van der Waals surface area contributed by atoms with E-state index in [4.69, 9.17) is 4.74 Å². The molecule has 0 spiro atoms. The average Bonchev–Trinajstić information content (AvgIpc) is 2.56. The van der Waals surface area contributed by atoms with Crippen molar-refractivity contribution in [3.8, 4) is 0 Å². The third-order valence-corrected chi connectivity index (χ3v) is 8.25. The normalized spacial score (nSPS) is 52.6. The standard InChI is InChI=1S/C21H34O4/c1-6-18(2)11-8-14-19(3)9-7-10-20(4,17(23)25-5)15(19)12-16(22)21(14,24)13-18/h6,14-16,22,24H,1,7-13H2,2-5H3. The molecule has 0 aliphatic heterocycles. The largest absolute Gasteiger partial charge is 0.469 e. The van der Waals surface area contributed by atoms with Gasteiger partial charge in [0.05, 0.1) is 24.2 Å². The van der Waals surface area contributed by atoms with Crippen molar-refractivity contribution in [3.05, 3.63) is 12.7 Å². The number of ether oxygens (including phenoxy) is 1. The zero-order chi connectivity index (χ0) is 18.7. The van der Waals surface area contributed by atoms with E-state index in [0.717, 1.165) is 32.1 Å². The summed E-state index contributed by atoms with van der Waals surface area (Å²) in [6, 6.07) is 0. The second kappa shape index (κ2) is 5.82. The first-order chi connectivity index (χ1) is 11.6. The van der Waals surface area contributed by atoms with Crippen LogP contribution in [0.1, 0.15) is 65.7 Å². The quantitative estimate of drug-likeness (QED) is 0.591. The van der Waals surface area contributed by atoms with Gasteiger partial charge < -0.3 is 14.9 Å². The van der Waals surface area contributed by atoms with Crippen molar-refractivity contribution >= 4 is 5.97 Å². The number of aliphatic hydroxyl groups is 2. The number of hydrogen-bond acceptors (Lipinski definition) is 4. The van der Waals surface area contributed by atoms with E-state index in [1.54, 1.807) is 0 Å². The highest BCUT2D eigenvalue weighted by Crippen LogP contribution is 2.66. The summed E-state index contributed by atoms with van der Waals surface area (Å²) in [7, 11) is 1.45. The minimum absolute atomic E-state index is 0.00561. The first kappa shape index (κ1) is 18.9. The fraction of sp³-hybridized carbons (Fsp3) is 0.857. The lowest BCUT2D eigenvalue weighted by molar-refractivity contribution is -0.253. The molecule has 25 heavy (non-hydrogen) atoms. The van der Waals surface area contributed by atoms with Gasteiger partial charge in [0.15, 0.2) is 0 Å². The van der Waals surface area contributed by atoms with E-state index >= 15 is 0 Å². The van der Waals surface area contributed by atoms with Gasteiger partial charge in [0.1, 0.15) is 0 Å². The van der Waals surface area contributed by atoms with Crippen LogP contribution in [0.25, 0.3) is 0 Å². The molecule has 0 bridgehead atoms. The summed E-state index contributed by atoms with van der Waals surface area (Å²) in [4.78, 5) is 12.6. The number of aliphatic hydroxyl groups excluding tert-OH is 1. The third kappa shape index (κ3) is 2.51. The SMILES string of the molecule is C=CC1(C)CCC2C3(C)CCCC(C)(C(=O)OC)C3CC(O)C2(O)C1. The van der Waals surface area contributed by atoms with Crippen LogP contribution in [0.15, 0.2) is 12.7 Å². The van der Waals surface area contributed by atoms with E-state index < -0.39 is 17.1 Å². The summed E-state index contributed by atoms with van der Waals surface area (Å²) >= 11 is 0. The van der Waals surface area contributed by atoms with Gasteiger partial charge in [-0.2, -0.15) is 0 Å². The Morgan fingerprint density at radius 2 is 1.88 bits per heavy atom. The molecule has 0 aromatic heterocycles. The van der Waals surface area contributed by atoms with Crippen molar-refractivity contribution in [2.75, 3.05) is 7.11 Å².